The summed E-state index contributed by atoms with van der Waals surface area (Å²) in [4.78, 5) is 0. The van der Waals surface area contributed by atoms with Gasteiger partial charge in [0.15, 0.2) is 0 Å². The Kier molecular flexibility index (Phi) is 10.1. The predicted molar refractivity (Wildman–Crippen MR) is 112 cm³/mol. The first-order valence-electron chi connectivity index (χ1n) is 9.13. The highest BCUT2D eigenvalue weighted by Gasteiger charge is 2.07. The van der Waals surface area contributed by atoms with E-state index in [2.05, 4.69) is 34.2 Å². The lowest BCUT2D eigenvalue weighted by Crippen LogP contribution is -2.17. The van der Waals surface area contributed by atoms with Crippen LogP contribution in [0.4, 0.5) is 0 Å². The number of hydrogen-bond donors (Lipinski definition) is 1. The van der Waals surface area contributed by atoms with E-state index >= 15 is 0 Å². The summed E-state index contributed by atoms with van der Waals surface area (Å²) in [6, 6.07) is 13.8. The van der Waals surface area contributed by atoms with Gasteiger partial charge in [-0.25, -0.2) is 0 Å². The van der Waals surface area contributed by atoms with E-state index in [0.717, 1.165) is 65.5 Å². The van der Waals surface area contributed by atoms with Crippen molar-refractivity contribution in [2.75, 3.05) is 19.8 Å². The number of unbranched alkanes of at least 4 members (excludes halogenated alkanes) is 1. The molecule has 26 heavy (non-hydrogen) atoms. The molecule has 0 aliphatic rings. The molecule has 0 atom stereocenters. The van der Waals surface area contributed by atoms with Crippen molar-refractivity contribution < 1.29 is 9.47 Å². The summed E-state index contributed by atoms with van der Waals surface area (Å²) >= 11 is 9.74. The largest absolute Gasteiger partial charge is 0.489 e. The Morgan fingerprint density at radius 2 is 1.85 bits per heavy atom. The van der Waals surface area contributed by atoms with Gasteiger partial charge in [-0.1, -0.05) is 59.1 Å². The van der Waals surface area contributed by atoms with Crippen molar-refractivity contribution in [2.45, 2.75) is 39.3 Å². The molecule has 0 heterocycles. The molecule has 0 unspecified atom stereocenters. The van der Waals surface area contributed by atoms with Gasteiger partial charge < -0.3 is 14.8 Å². The van der Waals surface area contributed by atoms with E-state index in [1.54, 1.807) is 0 Å². The van der Waals surface area contributed by atoms with Gasteiger partial charge in [-0.05, 0) is 43.7 Å². The minimum Gasteiger partial charge on any atom is -0.489 e. The van der Waals surface area contributed by atoms with Crippen molar-refractivity contribution in [2.24, 2.45) is 0 Å². The van der Waals surface area contributed by atoms with Crippen LogP contribution in [0.1, 0.15) is 37.3 Å². The second kappa shape index (κ2) is 12.3. The molecular formula is C21H27BrClNO2. The molecule has 5 heteroatoms. The average Bonchev–Trinajstić information content (AvgIpc) is 2.64. The first-order valence-corrected chi connectivity index (χ1v) is 10.3. The molecule has 0 bridgehead atoms. The zero-order chi connectivity index (χ0) is 18.6. The Balaban J connectivity index is 1.80. The Hall–Kier alpha value is -1.07. The summed E-state index contributed by atoms with van der Waals surface area (Å²) in [6.45, 7) is 5.98. The molecule has 0 radical (unpaired) electrons. The molecule has 142 valence electrons. The summed E-state index contributed by atoms with van der Waals surface area (Å²) in [5, 5.41) is 4.19. The Morgan fingerprint density at radius 1 is 1.04 bits per heavy atom. The van der Waals surface area contributed by atoms with Crippen LogP contribution in [0.25, 0.3) is 0 Å². The van der Waals surface area contributed by atoms with Crippen LogP contribution >= 0.6 is 27.5 Å². The van der Waals surface area contributed by atoms with E-state index in [4.69, 9.17) is 21.1 Å². The van der Waals surface area contributed by atoms with Crippen LogP contribution < -0.4 is 10.1 Å². The van der Waals surface area contributed by atoms with Crippen molar-refractivity contribution in [1.82, 2.24) is 5.32 Å². The van der Waals surface area contributed by atoms with E-state index in [9.17, 15) is 0 Å². The van der Waals surface area contributed by atoms with E-state index in [1.807, 2.05) is 36.4 Å². The van der Waals surface area contributed by atoms with Crippen molar-refractivity contribution in [3.8, 4) is 5.75 Å². The summed E-state index contributed by atoms with van der Waals surface area (Å²) in [5.74, 6) is 0.875. The molecule has 0 amide bonds. The number of hydrogen-bond acceptors (Lipinski definition) is 3. The van der Waals surface area contributed by atoms with Crippen molar-refractivity contribution in [3.63, 3.8) is 0 Å². The van der Waals surface area contributed by atoms with Crippen LogP contribution in [-0.2, 0) is 17.9 Å². The van der Waals surface area contributed by atoms with Crippen LogP contribution in [0.15, 0.2) is 46.9 Å². The van der Waals surface area contributed by atoms with Crippen molar-refractivity contribution in [1.29, 1.82) is 0 Å². The van der Waals surface area contributed by atoms with Crippen LogP contribution in [-0.4, -0.2) is 19.8 Å². The third kappa shape index (κ3) is 7.67. The number of nitrogens with one attached hydrogen (secondary N) is 1. The number of ether oxygens (including phenoxy) is 2. The van der Waals surface area contributed by atoms with Crippen LogP contribution in [0.2, 0.25) is 5.02 Å². The molecule has 0 aliphatic heterocycles. The van der Waals surface area contributed by atoms with Crippen molar-refractivity contribution in [3.05, 3.63) is 63.1 Å². The topological polar surface area (TPSA) is 30.5 Å². The average molecular weight is 441 g/mol. The number of benzene rings is 2. The van der Waals surface area contributed by atoms with E-state index in [0.29, 0.717) is 6.61 Å². The lowest BCUT2D eigenvalue weighted by atomic mass is 10.2. The fourth-order valence-corrected chi connectivity index (χ4v) is 3.07. The lowest BCUT2D eigenvalue weighted by Gasteiger charge is -2.14. The summed E-state index contributed by atoms with van der Waals surface area (Å²) in [5.41, 5.74) is 2.11. The molecule has 0 saturated carbocycles. The van der Waals surface area contributed by atoms with Gasteiger partial charge in [-0.3, -0.25) is 0 Å². The minimum atomic E-state index is 0.458. The smallest absolute Gasteiger partial charge is 0.124 e. The van der Waals surface area contributed by atoms with Crippen LogP contribution in [0.5, 0.6) is 5.75 Å². The van der Waals surface area contributed by atoms with Crippen LogP contribution in [0, 0.1) is 0 Å². The van der Waals surface area contributed by atoms with Gasteiger partial charge in [0.1, 0.15) is 12.4 Å². The molecule has 0 aliphatic carbocycles. The highest BCUT2D eigenvalue weighted by molar-refractivity contribution is 9.10. The maximum Gasteiger partial charge on any atom is 0.124 e. The third-order valence-corrected chi connectivity index (χ3v) is 4.83. The maximum atomic E-state index is 6.21. The maximum absolute atomic E-state index is 6.21. The van der Waals surface area contributed by atoms with Gasteiger partial charge in [0.25, 0.3) is 0 Å². The molecule has 0 saturated heterocycles. The highest BCUT2D eigenvalue weighted by atomic mass is 79.9. The molecule has 2 aromatic carbocycles. The second-order valence-electron chi connectivity index (χ2n) is 6.13. The Morgan fingerprint density at radius 3 is 2.65 bits per heavy atom. The zero-order valence-electron chi connectivity index (χ0n) is 15.3. The van der Waals surface area contributed by atoms with E-state index < -0.39 is 0 Å². The monoisotopic (exact) mass is 439 g/mol. The molecule has 0 fully saturated rings. The summed E-state index contributed by atoms with van der Waals surface area (Å²) in [7, 11) is 0. The summed E-state index contributed by atoms with van der Waals surface area (Å²) < 4.78 is 12.6. The van der Waals surface area contributed by atoms with Gasteiger partial charge in [-0.2, -0.15) is 0 Å². The molecule has 3 nitrogen and oxygen atoms in total. The fraction of sp³-hybridized carbons (Fsp3) is 0.429. The number of halogens is 2. The van der Waals surface area contributed by atoms with Gasteiger partial charge in [0, 0.05) is 40.4 Å². The van der Waals surface area contributed by atoms with Crippen LogP contribution in [0.3, 0.4) is 0 Å². The molecule has 2 rings (SSSR count). The standard InChI is InChI=1S/C21H27BrClNO2/c1-2-3-12-25-13-6-11-24-15-18-14-19(22)9-10-21(18)26-16-17-7-4-5-8-20(17)23/h4-5,7-10,14,24H,2-3,6,11-13,15-16H2,1H3. The van der Waals surface area contributed by atoms with Gasteiger partial charge in [0.05, 0.1) is 0 Å². The highest BCUT2D eigenvalue weighted by Crippen LogP contribution is 2.25. The normalized spacial score (nSPS) is 10.9. The predicted octanol–water partition coefficient (Wildman–Crippen LogP) is 5.98. The Bertz CT molecular complexity index is 666. The molecule has 1 N–H and O–H groups in total. The van der Waals surface area contributed by atoms with Crippen molar-refractivity contribution >= 4 is 27.5 Å². The molecular weight excluding hydrogens is 414 g/mol. The number of rotatable bonds is 12. The quantitative estimate of drug-likeness (QED) is 0.412. The SMILES string of the molecule is CCCCOCCCNCc1cc(Br)ccc1OCc1ccccc1Cl. The van der Waals surface area contributed by atoms with Gasteiger partial charge in [-0.15, -0.1) is 0 Å². The zero-order valence-corrected chi connectivity index (χ0v) is 17.6. The first kappa shape index (κ1) is 21.2. The third-order valence-electron chi connectivity index (χ3n) is 3.96. The van der Waals surface area contributed by atoms with Gasteiger partial charge >= 0.3 is 0 Å². The molecule has 2 aromatic rings. The van der Waals surface area contributed by atoms with E-state index in [-0.39, 0.29) is 0 Å². The summed E-state index contributed by atoms with van der Waals surface area (Å²) in [6.07, 6.45) is 3.32. The minimum absolute atomic E-state index is 0.458. The molecule has 0 aromatic heterocycles. The van der Waals surface area contributed by atoms with E-state index in [1.165, 1.54) is 6.42 Å². The molecule has 0 spiro atoms. The second-order valence-corrected chi connectivity index (χ2v) is 7.45. The van der Waals surface area contributed by atoms with Gasteiger partial charge in [0.2, 0.25) is 0 Å². The Labute approximate surface area is 170 Å². The first-order chi connectivity index (χ1) is 12.7. The fourth-order valence-electron chi connectivity index (χ4n) is 2.47. The lowest BCUT2D eigenvalue weighted by molar-refractivity contribution is 0.128.